The summed E-state index contributed by atoms with van der Waals surface area (Å²) in [6, 6.07) is 8.08. The zero-order chi connectivity index (χ0) is 13.9. The van der Waals surface area contributed by atoms with Crippen LogP contribution in [0.2, 0.25) is 5.02 Å². The molecule has 1 saturated carbocycles. The molecule has 1 aromatic carbocycles. The highest BCUT2D eigenvalue weighted by Crippen LogP contribution is 2.55. The zero-order valence-corrected chi connectivity index (χ0v) is 12.8. The molecule has 4 heteroatoms. The minimum Gasteiger partial charge on any atom is -0.403 e. The van der Waals surface area contributed by atoms with Crippen LogP contribution in [0.1, 0.15) is 46.1 Å². The standard InChI is InChI=1S/C15H20BClO2/c1-13(2)14(3,4)19-16(18-13)15(8-9-15)11-6-5-7-12(17)10-11/h5-7,10H,8-9H2,1-4H3. The van der Waals surface area contributed by atoms with Crippen LogP contribution in [0.3, 0.4) is 0 Å². The summed E-state index contributed by atoms with van der Waals surface area (Å²) in [5.41, 5.74) is 0.691. The molecule has 0 amide bonds. The largest absolute Gasteiger partial charge is 0.469 e. The second kappa shape index (κ2) is 4.00. The molecule has 2 fully saturated rings. The first-order valence-corrected chi connectivity index (χ1v) is 7.26. The van der Waals surface area contributed by atoms with E-state index in [0.717, 1.165) is 17.9 Å². The maximum absolute atomic E-state index is 6.22. The van der Waals surface area contributed by atoms with E-state index in [4.69, 9.17) is 20.9 Å². The first kappa shape index (κ1) is 13.5. The lowest BCUT2D eigenvalue weighted by molar-refractivity contribution is 0.00578. The van der Waals surface area contributed by atoms with Crippen LogP contribution in [-0.4, -0.2) is 18.3 Å². The molecule has 0 bridgehead atoms. The van der Waals surface area contributed by atoms with E-state index in [1.807, 2.05) is 18.2 Å². The topological polar surface area (TPSA) is 18.5 Å². The molecule has 2 aliphatic rings. The fourth-order valence-corrected chi connectivity index (χ4v) is 2.85. The van der Waals surface area contributed by atoms with Gasteiger partial charge in [-0.1, -0.05) is 23.7 Å². The molecule has 3 rings (SSSR count). The van der Waals surface area contributed by atoms with Crippen LogP contribution in [0.25, 0.3) is 0 Å². The lowest BCUT2D eigenvalue weighted by atomic mass is 9.64. The van der Waals surface area contributed by atoms with Gasteiger partial charge in [-0.2, -0.15) is 0 Å². The molecular formula is C15H20BClO2. The number of hydrogen-bond acceptors (Lipinski definition) is 2. The van der Waals surface area contributed by atoms with E-state index in [9.17, 15) is 0 Å². The summed E-state index contributed by atoms with van der Waals surface area (Å²) in [6.07, 6.45) is 2.20. The van der Waals surface area contributed by atoms with Crippen molar-refractivity contribution in [2.75, 3.05) is 0 Å². The zero-order valence-electron chi connectivity index (χ0n) is 12.0. The van der Waals surface area contributed by atoms with Gasteiger partial charge in [0.05, 0.1) is 11.2 Å². The van der Waals surface area contributed by atoms with Gasteiger partial charge in [-0.15, -0.1) is 0 Å². The van der Waals surface area contributed by atoms with E-state index < -0.39 is 0 Å². The van der Waals surface area contributed by atoms with Crippen molar-refractivity contribution in [2.45, 2.75) is 57.1 Å². The molecule has 102 valence electrons. The maximum atomic E-state index is 6.22. The number of halogens is 1. The smallest absolute Gasteiger partial charge is 0.403 e. The Morgan fingerprint density at radius 1 is 1.05 bits per heavy atom. The van der Waals surface area contributed by atoms with Gasteiger partial charge < -0.3 is 9.31 Å². The summed E-state index contributed by atoms with van der Waals surface area (Å²) in [6.45, 7) is 8.39. The summed E-state index contributed by atoms with van der Waals surface area (Å²) in [7, 11) is -0.170. The highest BCUT2D eigenvalue weighted by molar-refractivity contribution is 6.51. The van der Waals surface area contributed by atoms with Gasteiger partial charge in [0.15, 0.2) is 0 Å². The minimum atomic E-state index is -0.272. The van der Waals surface area contributed by atoms with Crippen molar-refractivity contribution in [3.05, 3.63) is 34.9 Å². The third-order valence-corrected chi connectivity index (χ3v) is 5.13. The third kappa shape index (κ3) is 2.03. The van der Waals surface area contributed by atoms with Crippen molar-refractivity contribution in [3.8, 4) is 0 Å². The Kier molecular flexibility index (Phi) is 2.84. The van der Waals surface area contributed by atoms with Gasteiger partial charge >= 0.3 is 7.12 Å². The quantitative estimate of drug-likeness (QED) is 0.761. The van der Waals surface area contributed by atoms with Crippen molar-refractivity contribution in [2.24, 2.45) is 0 Å². The number of benzene rings is 1. The molecule has 1 heterocycles. The average molecular weight is 279 g/mol. The third-order valence-electron chi connectivity index (χ3n) is 4.89. The Labute approximate surface area is 120 Å². The van der Waals surface area contributed by atoms with Gasteiger partial charge in [0.2, 0.25) is 0 Å². The Morgan fingerprint density at radius 3 is 2.11 bits per heavy atom. The van der Waals surface area contributed by atoms with Crippen LogP contribution in [0.5, 0.6) is 0 Å². The Balaban J connectivity index is 1.92. The van der Waals surface area contributed by atoms with Crippen LogP contribution in [0.4, 0.5) is 0 Å². The van der Waals surface area contributed by atoms with Crippen LogP contribution in [-0.2, 0) is 14.6 Å². The van der Waals surface area contributed by atoms with E-state index in [0.29, 0.717) is 0 Å². The van der Waals surface area contributed by atoms with Crippen molar-refractivity contribution < 1.29 is 9.31 Å². The Bertz CT molecular complexity index is 493. The van der Waals surface area contributed by atoms with Crippen molar-refractivity contribution >= 4 is 18.7 Å². The molecule has 1 aromatic rings. The van der Waals surface area contributed by atoms with Crippen LogP contribution in [0, 0.1) is 0 Å². The summed E-state index contributed by atoms with van der Waals surface area (Å²) < 4.78 is 12.4. The van der Waals surface area contributed by atoms with Crippen molar-refractivity contribution in [1.29, 1.82) is 0 Å². The molecule has 1 aliphatic heterocycles. The van der Waals surface area contributed by atoms with Crippen LogP contribution >= 0.6 is 11.6 Å². The first-order valence-electron chi connectivity index (χ1n) is 6.89. The lowest BCUT2D eigenvalue weighted by Crippen LogP contribution is -2.41. The van der Waals surface area contributed by atoms with Crippen molar-refractivity contribution in [1.82, 2.24) is 0 Å². The summed E-state index contributed by atoms with van der Waals surface area (Å²) in [5, 5.41) is 0.774. The van der Waals surface area contributed by atoms with E-state index in [-0.39, 0.29) is 23.6 Å². The molecule has 0 aromatic heterocycles. The minimum absolute atomic E-state index is 0.00403. The van der Waals surface area contributed by atoms with E-state index in [1.54, 1.807) is 0 Å². The SMILES string of the molecule is CC1(C)OB(C2(c3cccc(Cl)c3)CC2)OC1(C)C. The van der Waals surface area contributed by atoms with E-state index in [1.165, 1.54) is 5.56 Å². The predicted octanol–water partition coefficient (Wildman–Crippen LogP) is 4.00. The van der Waals surface area contributed by atoms with Gasteiger partial charge in [-0.25, -0.2) is 0 Å². The highest BCUT2D eigenvalue weighted by Gasteiger charge is 2.65. The highest BCUT2D eigenvalue weighted by atomic mass is 35.5. The summed E-state index contributed by atoms with van der Waals surface area (Å²) >= 11 is 6.12. The summed E-state index contributed by atoms with van der Waals surface area (Å²) in [4.78, 5) is 0. The molecule has 1 aliphatic carbocycles. The second-order valence-electron chi connectivity index (χ2n) is 6.75. The first-order chi connectivity index (χ1) is 8.77. The molecule has 1 saturated heterocycles. The molecular weight excluding hydrogens is 258 g/mol. The van der Waals surface area contributed by atoms with Crippen LogP contribution < -0.4 is 0 Å². The normalized spacial score (nSPS) is 26.5. The van der Waals surface area contributed by atoms with Gasteiger partial charge in [0.1, 0.15) is 0 Å². The molecule has 0 unspecified atom stereocenters. The van der Waals surface area contributed by atoms with E-state index >= 15 is 0 Å². The fourth-order valence-electron chi connectivity index (χ4n) is 2.66. The van der Waals surface area contributed by atoms with Gasteiger partial charge in [0, 0.05) is 10.3 Å². The second-order valence-corrected chi connectivity index (χ2v) is 7.19. The predicted molar refractivity (Wildman–Crippen MR) is 78.4 cm³/mol. The maximum Gasteiger partial charge on any atom is 0.469 e. The van der Waals surface area contributed by atoms with Gasteiger partial charge in [-0.05, 0) is 58.2 Å². The van der Waals surface area contributed by atoms with Gasteiger partial charge in [0.25, 0.3) is 0 Å². The average Bonchev–Trinajstić information content (AvgIpc) is 3.04. The molecule has 0 spiro atoms. The molecule has 0 N–H and O–H groups in total. The molecule has 0 radical (unpaired) electrons. The molecule has 19 heavy (non-hydrogen) atoms. The van der Waals surface area contributed by atoms with Gasteiger partial charge in [-0.3, -0.25) is 0 Å². The molecule has 0 atom stereocenters. The Hall–Kier alpha value is -0.505. The lowest BCUT2D eigenvalue weighted by Gasteiger charge is -2.32. The molecule has 2 nitrogen and oxygen atoms in total. The number of rotatable bonds is 2. The monoisotopic (exact) mass is 278 g/mol. The number of hydrogen-bond donors (Lipinski definition) is 0. The van der Waals surface area contributed by atoms with Crippen molar-refractivity contribution in [3.63, 3.8) is 0 Å². The summed E-state index contributed by atoms with van der Waals surface area (Å²) in [5.74, 6) is 0. The van der Waals surface area contributed by atoms with Crippen LogP contribution in [0.15, 0.2) is 24.3 Å². The Morgan fingerprint density at radius 2 is 1.63 bits per heavy atom. The fraction of sp³-hybridized carbons (Fsp3) is 0.600. The van der Waals surface area contributed by atoms with E-state index in [2.05, 4.69) is 33.8 Å².